The second kappa shape index (κ2) is 3.43. The van der Waals surface area contributed by atoms with Gasteiger partial charge < -0.3 is 11.1 Å². The van der Waals surface area contributed by atoms with E-state index in [1.165, 1.54) is 11.3 Å². The maximum Gasteiger partial charge on any atom is 0.251 e. The van der Waals surface area contributed by atoms with Crippen LogP contribution in [0.25, 0.3) is 10.2 Å². The molecule has 0 aliphatic heterocycles. The van der Waals surface area contributed by atoms with Crippen LogP contribution < -0.4 is 11.1 Å². The zero-order chi connectivity index (χ0) is 12.0. The molecule has 1 aromatic carbocycles. The number of amides is 1. The van der Waals surface area contributed by atoms with Crippen molar-refractivity contribution >= 4 is 32.6 Å². The maximum atomic E-state index is 12.0. The molecule has 1 fully saturated rings. The minimum atomic E-state index is -0.0149. The summed E-state index contributed by atoms with van der Waals surface area (Å²) in [6, 6.07) is 5.49. The first kappa shape index (κ1) is 10.5. The fraction of sp³-hybridized carbons (Fsp3) is 0.333. The summed E-state index contributed by atoms with van der Waals surface area (Å²) in [5.41, 5.74) is 7.17. The molecule has 0 bridgehead atoms. The first-order valence-corrected chi connectivity index (χ1v) is 6.36. The highest BCUT2D eigenvalue weighted by Gasteiger charge is 2.38. The van der Waals surface area contributed by atoms with Gasteiger partial charge in [0.25, 0.3) is 5.91 Å². The zero-order valence-electron chi connectivity index (χ0n) is 9.49. The molecule has 2 aromatic rings. The van der Waals surface area contributed by atoms with Crippen LogP contribution in [0.5, 0.6) is 0 Å². The van der Waals surface area contributed by atoms with E-state index in [1.807, 2.05) is 12.1 Å². The minimum absolute atomic E-state index is 0.0127. The number of thiazole rings is 1. The van der Waals surface area contributed by atoms with Gasteiger partial charge in [0.2, 0.25) is 0 Å². The molecule has 1 aliphatic rings. The molecule has 1 saturated carbocycles. The number of nitrogen functional groups attached to an aromatic ring is 1. The summed E-state index contributed by atoms with van der Waals surface area (Å²) in [5, 5.41) is 3.57. The number of nitrogens with two attached hydrogens (primary N) is 1. The second-order valence-electron chi connectivity index (χ2n) is 4.75. The minimum Gasteiger partial charge on any atom is -0.375 e. The van der Waals surface area contributed by atoms with Gasteiger partial charge in [-0.05, 0) is 38.0 Å². The molecule has 3 N–H and O–H groups in total. The SMILES string of the molecule is CC1(NC(=O)c2ccc3nc(N)sc3c2)CC1. The Labute approximate surface area is 103 Å². The molecule has 1 heterocycles. The van der Waals surface area contributed by atoms with E-state index < -0.39 is 0 Å². The van der Waals surface area contributed by atoms with Crippen LogP contribution in [0.2, 0.25) is 0 Å². The summed E-state index contributed by atoms with van der Waals surface area (Å²) in [6.07, 6.45) is 2.13. The van der Waals surface area contributed by atoms with E-state index in [-0.39, 0.29) is 11.4 Å². The molecule has 1 aromatic heterocycles. The predicted octanol–water partition coefficient (Wildman–Crippen LogP) is 2.16. The van der Waals surface area contributed by atoms with E-state index in [2.05, 4.69) is 17.2 Å². The van der Waals surface area contributed by atoms with Gasteiger partial charge in [-0.15, -0.1) is 0 Å². The summed E-state index contributed by atoms with van der Waals surface area (Å²) in [4.78, 5) is 16.2. The Balaban J connectivity index is 1.91. The maximum absolute atomic E-state index is 12.0. The van der Waals surface area contributed by atoms with Crippen molar-refractivity contribution in [3.63, 3.8) is 0 Å². The van der Waals surface area contributed by atoms with Crippen LogP contribution in [0.1, 0.15) is 30.1 Å². The van der Waals surface area contributed by atoms with E-state index in [0.29, 0.717) is 10.7 Å². The van der Waals surface area contributed by atoms with Crippen molar-refractivity contribution in [2.45, 2.75) is 25.3 Å². The van der Waals surface area contributed by atoms with Gasteiger partial charge in [0.05, 0.1) is 10.2 Å². The number of nitrogens with one attached hydrogen (secondary N) is 1. The molecular weight excluding hydrogens is 234 g/mol. The summed E-state index contributed by atoms with van der Waals surface area (Å²) in [6.45, 7) is 2.06. The number of fused-ring (bicyclic) bond motifs is 1. The van der Waals surface area contributed by atoms with E-state index in [0.717, 1.165) is 23.1 Å². The van der Waals surface area contributed by atoms with Gasteiger partial charge in [-0.3, -0.25) is 4.79 Å². The number of aromatic nitrogens is 1. The largest absolute Gasteiger partial charge is 0.375 e. The molecular formula is C12H13N3OS. The highest BCUT2D eigenvalue weighted by molar-refractivity contribution is 7.22. The lowest BCUT2D eigenvalue weighted by atomic mass is 10.2. The van der Waals surface area contributed by atoms with Crippen molar-refractivity contribution in [3.8, 4) is 0 Å². The van der Waals surface area contributed by atoms with Gasteiger partial charge in [-0.1, -0.05) is 11.3 Å². The molecule has 0 unspecified atom stereocenters. The van der Waals surface area contributed by atoms with Crippen molar-refractivity contribution in [2.24, 2.45) is 0 Å². The van der Waals surface area contributed by atoms with Crippen molar-refractivity contribution in [2.75, 3.05) is 5.73 Å². The molecule has 3 rings (SSSR count). The summed E-state index contributed by atoms with van der Waals surface area (Å²) in [7, 11) is 0. The van der Waals surface area contributed by atoms with Gasteiger partial charge in [-0.2, -0.15) is 0 Å². The number of nitrogens with zero attached hydrogens (tertiary/aromatic N) is 1. The first-order valence-electron chi connectivity index (χ1n) is 5.54. The lowest BCUT2D eigenvalue weighted by molar-refractivity contribution is 0.0935. The van der Waals surface area contributed by atoms with E-state index in [4.69, 9.17) is 5.73 Å². The molecule has 0 spiro atoms. The van der Waals surface area contributed by atoms with Crippen LogP contribution in [0, 0.1) is 0 Å². The molecule has 0 radical (unpaired) electrons. The highest BCUT2D eigenvalue weighted by Crippen LogP contribution is 2.34. The Morgan fingerprint density at radius 1 is 1.53 bits per heavy atom. The summed E-state index contributed by atoms with van der Waals surface area (Å²) >= 11 is 1.40. The Morgan fingerprint density at radius 2 is 2.29 bits per heavy atom. The molecule has 5 heteroatoms. The molecule has 1 amide bonds. The number of carbonyl (C=O) groups is 1. The third-order valence-corrected chi connectivity index (χ3v) is 3.93. The quantitative estimate of drug-likeness (QED) is 0.854. The Hall–Kier alpha value is -1.62. The average Bonchev–Trinajstić information content (AvgIpc) is 2.87. The lowest BCUT2D eigenvalue weighted by Gasteiger charge is -2.11. The van der Waals surface area contributed by atoms with Crippen molar-refractivity contribution < 1.29 is 4.79 Å². The van der Waals surface area contributed by atoms with Crippen LogP contribution >= 0.6 is 11.3 Å². The van der Waals surface area contributed by atoms with Crippen molar-refractivity contribution in [1.82, 2.24) is 10.3 Å². The Bertz CT molecular complexity index is 601. The fourth-order valence-corrected chi connectivity index (χ4v) is 2.52. The molecule has 4 nitrogen and oxygen atoms in total. The number of hydrogen-bond donors (Lipinski definition) is 2. The van der Waals surface area contributed by atoms with Gasteiger partial charge in [0.15, 0.2) is 5.13 Å². The van der Waals surface area contributed by atoms with Crippen LogP contribution in [-0.2, 0) is 0 Å². The van der Waals surface area contributed by atoms with Gasteiger partial charge in [0.1, 0.15) is 0 Å². The number of hydrogen-bond acceptors (Lipinski definition) is 4. The van der Waals surface area contributed by atoms with Crippen LogP contribution in [0.3, 0.4) is 0 Å². The molecule has 1 aliphatic carbocycles. The van der Waals surface area contributed by atoms with Crippen molar-refractivity contribution in [3.05, 3.63) is 23.8 Å². The molecule has 0 saturated heterocycles. The lowest BCUT2D eigenvalue weighted by Crippen LogP contribution is -2.34. The van der Waals surface area contributed by atoms with Gasteiger partial charge >= 0.3 is 0 Å². The van der Waals surface area contributed by atoms with Crippen LogP contribution in [0.15, 0.2) is 18.2 Å². The van der Waals surface area contributed by atoms with Crippen LogP contribution in [-0.4, -0.2) is 16.4 Å². The van der Waals surface area contributed by atoms with Crippen LogP contribution in [0.4, 0.5) is 5.13 Å². The molecule has 17 heavy (non-hydrogen) atoms. The number of rotatable bonds is 2. The highest BCUT2D eigenvalue weighted by atomic mass is 32.1. The van der Waals surface area contributed by atoms with Crippen molar-refractivity contribution in [1.29, 1.82) is 0 Å². The number of carbonyl (C=O) groups excluding carboxylic acids is 1. The smallest absolute Gasteiger partial charge is 0.251 e. The molecule has 0 atom stereocenters. The monoisotopic (exact) mass is 247 g/mol. The summed E-state index contributed by atoms with van der Waals surface area (Å²) in [5.74, 6) is -0.0149. The topological polar surface area (TPSA) is 68.0 Å². The normalized spacial score (nSPS) is 17.0. The second-order valence-corrected chi connectivity index (χ2v) is 5.81. The third-order valence-electron chi connectivity index (χ3n) is 3.08. The number of benzene rings is 1. The van der Waals surface area contributed by atoms with E-state index in [9.17, 15) is 4.79 Å². The first-order chi connectivity index (χ1) is 8.06. The standard InChI is InChI=1S/C12H13N3OS/c1-12(4-5-12)15-10(16)7-2-3-8-9(6-7)17-11(13)14-8/h2-3,6H,4-5H2,1H3,(H2,13,14)(H,15,16). The van der Waals surface area contributed by atoms with E-state index in [1.54, 1.807) is 6.07 Å². The zero-order valence-corrected chi connectivity index (χ0v) is 10.3. The van der Waals surface area contributed by atoms with Gasteiger partial charge in [-0.25, -0.2) is 4.98 Å². The fourth-order valence-electron chi connectivity index (χ4n) is 1.74. The number of anilines is 1. The Morgan fingerprint density at radius 3 is 3.00 bits per heavy atom. The van der Waals surface area contributed by atoms with E-state index >= 15 is 0 Å². The predicted molar refractivity (Wildman–Crippen MR) is 69.1 cm³/mol. The van der Waals surface area contributed by atoms with Gasteiger partial charge in [0, 0.05) is 11.1 Å². The Kier molecular flexibility index (Phi) is 2.13. The average molecular weight is 247 g/mol. The molecule has 88 valence electrons. The summed E-state index contributed by atoms with van der Waals surface area (Å²) < 4.78 is 0.955. The third kappa shape index (κ3) is 1.98.